The van der Waals surface area contributed by atoms with E-state index in [-0.39, 0.29) is 6.10 Å². The second kappa shape index (κ2) is 8.28. The van der Waals surface area contributed by atoms with Crippen molar-refractivity contribution >= 4 is 0 Å². The van der Waals surface area contributed by atoms with Gasteiger partial charge in [-0.05, 0) is 56.2 Å². The van der Waals surface area contributed by atoms with Gasteiger partial charge in [-0.1, -0.05) is 19.1 Å². The SMILES string of the molecule is CCCOc1ccc(C(O)CCCC2CCCO2)cc1. The zero-order chi connectivity index (χ0) is 14.2. The Morgan fingerprint density at radius 2 is 2.15 bits per heavy atom. The summed E-state index contributed by atoms with van der Waals surface area (Å²) in [6, 6.07) is 7.80. The van der Waals surface area contributed by atoms with Crippen molar-refractivity contribution in [2.75, 3.05) is 13.2 Å². The van der Waals surface area contributed by atoms with Crippen molar-refractivity contribution in [3.63, 3.8) is 0 Å². The fourth-order valence-corrected chi connectivity index (χ4v) is 2.58. The third-order valence-corrected chi connectivity index (χ3v) is 3.77. The molecular formula is C17H26O3. The average molecular weight is 278 g/mol. The molecule has 0 saturated carbocycles. The number of ether oxygens (including phenoxy) is 2. The van der Waals surface area contributed by atoms with Gasteiger partial charge in [0.2, 0.25) is 0 Å². The minimum atomic E-state index is -0.378. The number of rotatable bonds is 8. The summed E-state index contributed by atoms with van der Waals surface area (Å²) in [4.78, 5) is 0. The number of aliphatic hydroxyl groups is 1. The van der Waals surface area contributed by atoms with Gasteiger partial charge in [-0.25, -0.2) is 0 Å². The lowest BCUT2D eigenvalue weighted by molar-refractivity contribution is 0.0944. The zero-order valence-electron chi connectivity index (χ0n) is 12.4. The lowest BCUT2D eigenvalue weighted by Crippen LogP contribution is -2.06. The molecule has 1 saturated heterocycles. The lowest BCUT2D eigenvalue weighted by atomic mass is 10.0. The summed E-state index contributed by atoms with van der Waals surface area (Å²) in [5.74, 6) is 0.877. The topological polar surface area (TPSA) is 38.7 Å². The van der Waals surface area contributed by atoms with E-state index >= 15 is 0 Å². The molecule has 2 rings (SSSR count). The van der Waals surface area contributed by atoms with Crippen molar-refractivity contribution in [2.24, 2.45) is 0 Å². The van der Waals surface area contributed by atoms with Crippen molar-refractivity contribution < 1.29 is 14.6 Å². The Labute approximate surface area is 121 Å². The van der Waals surface area contributed by atoms with Crippen LogP contribution in [-0.2, 0) is 4.74 Å². The van der Waals surface area contributed by atoms with Crippen LogP contribution in [0.15, 0.2) is 24.3 Å². The first kappa shape index (κ1) is 15.3. The first-order chi connectivity index (χ1) is 9.79. The van der Waals surface area contributed by atoms with Crippen LogP contribution >= 0.6 is 0 Å². The van der Waals surface area contributed by atoms with Crippen molar-refractivity contribution in [3.05, 3.63) is 29.8 Å². The van der Waals surface area contributed by atoms with E-state index in [0.29, 0.717) is 6.10 Å². The highest BCUT2D eigenvalue weighted by atomic mass is 16.5. The van der Waals surface area contributed by atoms with E-state index in [1.807, 2.05) is 24.3 Å². The summed E-state index contributed by atoms with van der Waals surface area (Å²) in [6.07, 6.45) is 6.30. The number of hydrogen-bond donors (Lipinski definition) is 1. The molecule has 1 N–H and O–H groups in total. The molecule has 2 atom stereocenters. The van der Waals surface area contributed by atoms with Crippen molar-refractivity contribution in [1.29, 1.82) is 0 Å². The Morgan fingerprint density at radius 3 is 2.80 bits per heavy atom. The van der Waals surface area contributed by atoms with Crippen LogP contribution < -0.4 is 4.74 Å². The molecule has 0 radical (unpaired) electrons. The number of benzene rings is 1. The molecule has 112 valence electrons. The summed E-state index contributed by atoms with van der Waals surface area (Å²) in [5, 5.41) is 10.2. The first-order valence-electron chi connectivity index (χ1n) is 7.82. The maximum absolute atomic E-state index is 10.2. The highest BCUT2D eigenvalue weighted by molar-refractivity contribution is 5.28. The molecule has 1 aromatic rings. The number of aliphatic hydroxyl groups excluding tert-OH is 1. The third-order valence-electron chi connectivity index (χ3n) is 3.77. The molecule has 1 heterocycles. The average Bonchev–Trinajstić information content (AvgIpc) is 2.99. The van der Waals surface area contributed by atoms with Gasteiger partial charge in [0.25, 0.3) is 0 Å². The van der Waals surface area contributed by atoms with Crippen LogP contribution in [-0.4, -0.2) is 24.4 Å². The zero-order valence-corrected chi connectivity index (χ0v) is 12.4. The van der Waals surface area contributed by atoms with Gasteiger partial charge in [-0.2, -0.15) is 0 Å². The van der Waals surface area contributed by atoms with E-state index in [4.69, 9.17) is 9.47 Å². The van der Waals surface area contributed by atoms with Crippen LogP contribution in [0.2, 0.25) is 0 Å². The van der Waals surface area contributed by atoms with Crippen molar-refractivity contribution in [2.45, 2.75) is 57.7 Å². The van der Waals surface area contributed by atoms with Crippen LogP contribution in [0.25, 0.3) is 0 Å². The van der Waals surface area contributed by atoms with E-state index in [1.54, 1.807) is 0 Å². The molecule has 0 bridgehead atoms. The van der Waals surface area contributed by atoms with Gasteiger partial charge < -0.3 is 14.6 Å². The smallest absolute Gasteiger partial charge is 0.119 e. The molecule has 3 heteroatoms. The molecule has 0 amide bonds. The first-order valence-corrected chi connectivity index (χ1v) is 7.82. The molecule has 3 nitrogen and oxygen atoms in total. The van der Waals surface area contributed by atoms with E-state index in [1.165, 1.54) is 12.8 Å². The standard InChI is InChI=1S/C17H26O3/c1-2-12-19-16-10-8-14(9-11-16)17(18)7-3-5-15-6-4-13-20-15/h8-11,15,17-18H,2-7,12-13H2,1H3. The highest BCUT2D eigenvalue weighted by Gasteiger charge is 2.16. The van der Waals surface area contributed by atoms with Crippen LogP contribution in [0, 0.1) is 0 Å². The van der Waals surface area contributed by atoms with Crippen LogP contribution in [0.5, 0.6) is 5.75 Å². The quantitative estimate of drug-likeness (QED) is 0.784. The fourth-order valence-electron chi connectivity index (χ4n) is 2.58. The summed E-state index contributed by atoms with van der Waals surface area (Å²) in [6.45, 7) is 3.74. The van der Waals surface area contributed by atoms with Gasteiger partial charge in [0.15, 0.2) is 0 Å². The van der Waals surface area contributed by atoms with Crippen molar-refractivity contribution in [1.82, 2.24) is 0 Å². The monoisotopic (exact) mass is 278 g/mol. The Hall–Kier alpha value is -1.06. The molecule has 0 aliphatic carbocycles. The van der Waals surface area contributed by atoms with Gasteiger partial charge in [-0.15, -0.1) is 0 Å². The summed E-state index contributed by atoms with van der Waals surface area (Å²) in [7, 11) is 0. The minimum Gasteiger partial charge on any atom is -0.494 e. The molecule has 1 aliphatic rings. The van der Waals surface area contributed by atoms with Gasteiger partial charge in [0.1, 0.15) is 5.75 Å². The second-order valence-corrected chi connectivity index (χ2v) is 5.50. The molecule has 1 aromatic carbocycles. The van der Waals surface area contributed by atoms with Gasteiger partial charge in [0.05, 0.1) is 18.8 Å². The highest BCUT2D eigenvalue weighted by Crippen LogP contribution is 2.24. The van der Waals surface area contributed by atoms with Gasteiger partial charge >= 0.3 is 0 Å². The summed E-state index contributed by atoms with van der Waals surface area (Å²) < 4.78 is 11.1. The van der Waals surface area contributed by atoms with E-state index in [9.17, 15) is 5.11 Å². The molecule has 2 unspecified atom stereocenters. The molecule has 1 aliphatic heterocycles. The predicted molar refractivity (Wildman–Crippen MR) is 80.0 cm³/mol. The van der Waals surface area contributed by atoms with Crippen LogP contribution in [0.1, 0.15) is 57.1 Å². The Balaban J connectivity index is 1.72. The second-order valence-electron chi connectivity index (χ2n) is 5.50. The van der Waals surface area contributed by atoms with E-state index < -0.39 is 0 Å². The normalized spacial score (nSPS) is 20.0. The minimum absolute atomic E-state index is 0.378. The maximum Gasteiger partial charge on any atom is 0.119 e. The molecule has 20 heavy (non-hydrogen) atoms. The van der Waals surface area contributed by atoms with Gasteiger partial charge in [-0.3, -0.25) is 0 Å². The predicted octanol–water partition coefficient (Wildman–Crippen LogP) is 3.86. The van der Waals surface area contributed by atoms with Gasteiger partial charge in [0, 0.05) is 6.61 Å². The maximum atomic E-state index is 10.2. The number of hydrogen-bond acceptors (Lipinski definition) is 3. The Morgan fingerprint density at radius 1 is 1.35 bits per heavy atom. The van der Waals surface area contributed by atoms with E-state index in [0.717, 1.165) is 50.2 Å². The molecule has 1 fully saturated rings. The molecular weight excluding hydrogens is 252 g/mol. The lowest BCUT2D eigenvalue weighted by Gasteiger charge is -2.14. The Bertz CT molecular complexity index is 368. The summed E-state index contributed by atoms with van der Waals surface area (Å²) in [5.41, 5.74) is 0.973. The fraction of sp³-hybridized carbons (Fsp3) is 0.647. The molecule has 0 aromatic heterocycles. The largest absolute Gasteiger partial charge is 0.494 e. The third kappa shape index (κ3) is 4.80. The Kier molecular flexibility index (Phi) is 6.34. The summed E-state index contributed by atoms with van der Waals surface area (Å²) >= 11 is 0. The van der Waals surface area contributed by atoms with Crippen molar-refractivity contribution in [3.8, 4) is 5.75 Å². The van der Waals surface area contributed by atoms with Crippen LogP contribution in [0.3, 0.4) is 0 Å². The van der Waals surface area contributed by atoms with Crippen LogP contribution in [0.4, 0.5) is 0 Å². The van der Waals surface area contributed by atoms with E-state index in [2.05, 4.69) is 6.92 Å². The molecule has 0 spiro atoms.